The fourth-order valence-corrected chi connectivity index (χ4v) is 5.75. The summed E-state index contributed by atoms with van der Waals surface area (Å²) < 4.78 is 58.8. The van der Waals surface area contributed by atoms with Gasteiger partial charge >= 0.3 is 11.2 Å². The van der Waals surface area contributed by atoms with Gasteiger partial charge in [0.25, 0.3) is 0 Å². The minimum absolute atomic E-state index is 0.0310. The lowest BCUT2D eigenvalue weighted by atomic mass is 9.73. The van der Waals surface area contributed by atoms with Gasteiger partial charge in [-0.2, -0.15) is 8.78 Å². The number of amides is 1. The summed E-state index contributed by atoms with van der Waals surface area (Å²) in [6, 6.07) is 7.34. The van der Waals surface area contributed by atoms with Crippen molar-refractivity contribution in [2.24, 2.45) is 17.1 Å². The van der Waals surface area contributed by atoms with E-state index in [4.69, 9.17) is 10.5 Å². The Labute approximate surface area is 182 Å². The second kappa shape index (κ2) is 8.54. The molecular weight excluding hydrogens is 428 g/mol. The van der Waals surface area contributed by atoms with E-state index >= 15 is 0 Å². The smallest absolute Gasteiger partial charge is 0.421 e. The lowest BCUT2D eigenvalue weighted by Crippen LogP contribution is -2.55. The van der Waals surface area contributed by atoms with Crippen molar-refractivity contribution in [2.75, 3.05) is 43.4 Å². The predicted octanol–water partition coefficient (Wildman–Crippen LogP) is 2.11. The number of carbonyl (C=O) groups is 1. The van der Waals surface area contributed by atoms with Crippen molar-refractivity contribution in [3.8, 4) is 5.75 Å². The van der Waals surface area contributed by atoms with Gasteiger partial charge in [-0.3, -0.25) is 4.79 Å². The van der Waals surface area contributed by atoms with E-state index in [2.05, 4.69) is 18.7 Å². The maximum atomic E-state index is 14.6. The van der Waals surface area contributed by atoms with Crippen molar-refractivity contribution in [1.29, 1.82) is 0 Å². The quantitative estimate of drug-likeness (QED) is 0.672. The molecule has 0 spiro atoms. The summed E-state index contributed by atoms with van der Waals surface area (Å²) in [6.45, 7) is 6.84. The maximum Gasteiger partial charge on any atom is 0.421 e. The zero-order valence-electron chi connectivity index (χ0n) is 18.2. The van der Waals surface area contributed by atoms with Gasteiger partial charge < -0.3 is 20.3 Å². The molecule has 0 aliphatic carbocycles. The van der Waals surface area contributed by atoms with Crippen molar-refractivity contribution in [3.63, 3.8) is 0 Å². The summed E-state index contributed by atoms with van der Waals surface area (Å²) >= 11 is 0. The van der Waals surface area contributed by atoms with Crippen molar-refractivity contribution in [1.82, 2.24) is 4.90 Å². The first-order chi connectivity index (χ1) is 14.4. The van der Waals surface area contributed by atoms with Crippen molar-refractivity contribution in [3.05, 3.63) is 24.3 Å². The fourth-order valence-electron chi connectivity index (χ4n) is 4.79. The zero-order chi connectivity index (χ0) is 23.0. The van der Waals surface area contributed by atoms with Crippen LogP contribution in [0.4, 0.5) is 14.5 Å². The number of rotatable bonds is 7. The minimum Gasteiger partial charge on any atom is -0.494 e. The number of halogens is 2. The highest BCUT2D eigenvalue weighted by Crippen LogP contribution is 2.44. The van der Waals surface area contributed by atoms with Crippen LogP contribution in [-0.2, 0) is 14.6 Å². The minimum atomic E-state index is -4.97. The Kier molecular flexibility index (Phi) is 6.53. The van der Waals surface area contributed by atoms with Crippen LogP contribution < -0.4 is 15.4 Å². The summed E-state index contributed by atoms with van der Waals surface area (Å²) in [4.78, 5) is 15.9. The van der Waals surface area contributed by atoms with Crippen molar-refractivity contribution >= 4 is 21.4 Å². The molecule has 4 rings (SSSR count). The predicted molar refractivity (Wildman–Crippen MR) is 115 cm³/mol. The Hall–Kier alpha value is -1.94. The Balaban J connectivity index is 1.89. The molecule has 174 valence electrons. The number of benzene rings is 1. The first-order valence-corrected chi connectivity index (χ1v) is 12.2. The molecule has 3 heterocycles. The molecule has 0 saturated carbocycles. The number of carbonyl (C=O) groups excluding carboxylic acids is 1. The molecule has 3 aliphatic heterocycles. The van der Waals surface area contributed by atoms with Gasteiger partial charge in [-0.05, 0) is 48.9 Å². The molecule has 0 aromatic heterocycles. The molecule has 1 amide bonds. The van der Waals surface area contributed by atoms with E-state index < -0.39 is 33.3 Å². The molecule has 1 aromatic carbocycles. The summed E-state index contributed by atoms with van der Waals surface area (Å²) in [5.41, 5.74) is 5.84. The van der Waals surface area contributed by atoms with Gasteiger partial charge in [-0.15, -0.1) is 0 Å². The van der Waals surface area contributed by atoms with Crippen LogP contribution in [0.25, 0.3) is 0 Å². The SMILES string of the molecule is CCOc1ccc(N2C[C@H]3CN(C(=O)C(F)(F)S(=O)(=O)CCN)CC2C(C)(C)C3)cc1. The van der Waals surface area contributed by atoms with Gasteiger partial charge in [-0.25, -0.2) is 8.42 Å². The van der Waals surface area contributed by atoms with E-state index in [1.54, 1.807) is 0 Å². The third-order valence-electron chi connectivity index (χ3n) is 6.21. The summed E-state index contributed by atoms with van der Waals surface area (Å²) in [5.74, 6) is -1.90. The highest BCUT2D eigenvalue weighted by atomic mass is 32.2. The molecule has 2 bridgehead atoms. The van der Waals surface area contributed by atoms with Gasteiger partial charge in [0.05, 0.1) is 18.4 Å². The number of alkyl halides is 2. The van der Waals surface area contributed by atoms with Crippen LogP contribution in [0, 0.1) is 11.3 Å². The molecule has 2 atom stereocenters. The summed E-state index contributed by atoms with van der Waals surface area (Å²) in [6.07, 6.45) is 0.760. The molecular formula is C21H31F2N3O4S. The van der Waals surface area contributed by atoms with Gasteiger partial charge in [0.15, 0.2) is 0 Å². The number of hydrogen-bond donors (Lipinski definition) is 1. The number of piperidine rings is 1. The first-order valence-electron chi connectivity index (χ1n) is 10.5. The van der Waals surface area contributed by atoms with Gasteiger partial charge in [0.1, 0.15) is 5.75 Å². The Bertz CT molecular complexity index is 906. The van der Waals surface area contributed by atoms with Crippen LogP contribution >= 0.6 is 0 Å². The number of fused-ring (bicyclic) bond motifs is 4. The van der Waals surface area contributed by atoms with Crippen LogP contribution in [0.1, 0.15) is 27.2 Å². The monoisotopic (exact) mass is 459 g/mol. The Morgan fingerprint density at radius 1 is 1.23 bits per heavy atom. The van der Waals surface area contributed by atoms with E-state index in [-0.39, 0.29) is 30.5 Å². The normalized spacial score (nSPS) is 23.5. The highest BCUT2D eigenvalue weighted by molar-refractivity contribution is 7.93. The third kappa shape index (κ3) is 4.50. The topological polar surface area (TPSA) is 92.9 Å². The Morgan fingerprint density at radius 2 is 1.87 bits per heavy atom. The Morgan fingerprint density at radius 3 is 2.45 bits per heavy atom. The number of nitrogens with zero attached hydrogens (tertiary/aromatic N) is 2. The average molecular weight is 460 g/mol. The number of hydrogen-bond acceptors (Lipinski definition) is 6. The van der Waals surface area contributed by atoms with Crippen LogP contribution in [0.2, 0.25) is 0 Å². The molecule has 2 N–H and O–H groups in total. The summed E-state index contributed by atoms with van der Waals surface area (Å²) in [7, 11) is -4.97. The number of anilines is 1. The van der Waals surface area contributed by atoms with Crippen molar-refractivity contribution in [2.45, 2.75) is 38.5 Å². The van der Waals surface area contributed by atoms with E-state index in [9.17, 15) is 22.0 Å². The molecule has 3 fully saturated rings. The number of sulfone groups is 1. The zero-order valence-corrected chi connectivity index (χ0v) is 19.0. The average Bonchev–Trinajstić information content (AvgIpc) is 2.95. The molecule has 7 nitrogen and oxygen atoms in total. The van der Waals surface area contributed by atoms with Crippen LogP contribution in [0.3, 0.4) is 0 Å². The van der Waals surface area contributed by atoms with E-state index in [0.717, 1.165) is 22.8 Å². The second-order valence-electron chi connectivity index (χ2n) is 8.99. The van der Waals surface area contributed by atoms with Gasteiger partial charge in [-0.1, -0.05) is 13.8 Å². The molecule has 3 aliphatic rings. The van der Waals surface area contributed by atoms with Gasteiger partial charge in [0, 0.05) is 31.9 Å². The highest BCUT2D eigenvalue weighted by Gasteiger charge is 2.56. The van der Waals surface area contributed by atoms with E-state index in [0.29, 0.717) is 13.2 Å². The molecule has 1 unspecified atom stereocenters. The molecule has 10 heteroatoms. The molecule has 3 saturated heterocycles. The second-order valence-corrected chi connectivity index (χ2v) is 11.1. The largest absolute Gasteiger partial charge is 0.494 e. The van der Waals surface area contributed by atoms with Gasteiger partial charge in [0.2, 0.25) is 9.84 Å². The van der Waals surface area contributed by atoms with Crippen LogP contribution in [0.15, 0.2) is 24.3 Å². The maximum absolute atomic E-state index is 14.6. The summed E-state index contributed by atoms with van der Waals surface area (Å²) in [5, 5.41) is -4.48. The number of nitrogens with two attached hydrogens (primary N) is 1. The van der Waals surface area contributed by atoms with Crippen LogP contribution in [-0.4, -0.2) is 69.1 Å². The lowest BCUT2D eigenvalue weighted by molar-refractivity contribution is -0.147. The molecule has 1 aromatic rings. The van der Waals surface area contributed by atoms with E-state index in [1.165, 1.54) is 0 Å². The van der Waals surface area contributed by atoms with E-state index in [1.807, 2.05) is 31.2 Å². The molecule has 31 heavy (non-hydrogen) atoms. The fraction of sp³-hybridized carbons (Fsp3) is 0.667. The number of ether oxygens (including phenoxy) is 1. The third-order valence-corrected chi connectivity index (χ3v) is 7.94. The first kappa shape index (κ1) is 23.7. The standard InChI is InChI=1S/C21H31F2N3O4S/c1-4-30-17-7-5-16(6-8-17)26-13-15-11-20(2,3)18(26)14-25(12-15)19(27)21(22,23)31(28,29)10-9-24/h5-8,15,18H,4,9-14,24H2,1-3H3/t15-,18?/m1/s1. The van der Waals surface area contributed by atoms with Crippen molar-refractivity contribution < 1.29 is 26.7 Å². The van der Waals surface area contributed by atoms with Crippen LogP contribution in [0.5, 0.6) is 5.75 Å². The molecule has 0 radical (unpaired) electrons. The lowest BCUT2D eigenvalue weighted by Gasteiger charge is -2.48.